The van der Waals surface area contributed by atoms with E-state index in [2.05, 4.69) is 0 Å². The summed E-state index contributed by atoms with van der Waals surface area (Å²) in [5.41, 5.74) is 1.24. The predicted molar refractivity (Wildman–Crippen MR) is 98.7 cm³/mol. The molecule has 1 aliphatic carbocycles. The zero-order chi connectivity index (χ0) is 19.0. The standard InChI is InChI=1S/C20H18N2O5/c1-21-13-10-14-4-2-5-17(18(14)21)20(11-3-12-20)27-19(23)26-16-8-6-15(7-9-16)22(24)25/h2,4-10,13H,3,11-12H2,1H3. The highest BCUT2D eigenvalue weighted by atomic mass is 16.7. The zero-order valence-electron chi connectivity index (χ0n) is 14.8. The quantitative estimate of drug-likeness (QED) is 0.290. The molecule has 1 fully saturated rings. The van der Waals surface area contributed by atoms with Crippen molar-refractivity contribution in [1.82, 2.24) is 4.57 Å². The SMILES string of the molecule is Cn1ccc2cccc(C3(OC(=O)Oc4ccc([N+](=O)[O-])cc4)CCC3)c21. The molecule has 1 aromatic heterocycles. The lowest BCUT2D eigenvalue weighted by atomic mass is 9.74. The van der Waals surface area contributed by atoms with E-state index in [0.29, 0.717) is 0 Å². The Bertz CT molecular complexity index is 1020. The third kappa shape index (κ3) is 3.01. The number of para-hydroxylation sites is 1. The molecular formula is C20H18N2O5. The van der Waals surface area contributed by atoms with Crippen LogP contribution in [0, 0.1) is 10.1 Å². The summed E-state index contributed by atoms with van der Waals surface area (Å²) in [7, 11) is 1.97. The van der Waals surface area contributed by atoms with Gasteiger partial charge in [-0.25, -0.2) is 4.79 Å². The lowest BCUT2D eigenvalue weighted by Crippen LogP contribution is -2.40. The van der Waals surface area contributed by atoms with Gasteiger partial charge in [0.1, 0.15) is 11.4 Å². The topological polar surface area (TPSA) is 83.6 Å². The number of aromatic nitrogens is 1. The molecule has 1 heterocycles. The number of aryl methyl sites for hydroxylation is 1. The number of benzene rings is 2. The van der Waals surface area contributed by atoms with Gasteiger partial charge in [0, 0.05) is 30.9 Å². The van der Waals surface area contributed by atoms with E-state index in [1.807, 2.05) is 42.1 Å². The second kappa shape index (κ2) is 6.42. The van der Waals surface area contributed by atoms with E-state index in [1.54, 1.807) is 0 Å². The molecule has 2 aromatic carbocycles. The Balaban J connectivity index is 1.57. The van der Waals surface area contributed by atoms with E-state index in [0.717, 1.165) is 35.7 Å². The summed E-state index contributed by atoms with van der Waals surface area (Å²) in [6, 6.07) is 13.3. The van der Waals surface area contributed by atoms with Crippen LogP contribution >= 0.6 is 0 Å². The van der Waals surface area contributed by atoms with E-state index >= 15 is 0 Å². The molecule has 0 spiro atoms. The number of hydrogen-bond donors (Lipinski definition) is 0. The van der Waals surface area contributed by atoms with Gasteiger partial charge in [0.25, 0.3) is 5.69 Å². The summed E-state index contributed by atoms with van der Waals surface area (Å²) >= 11 is 0. The Kier molecular flexibility index (Phi) is 4.07. The summed E-state index contributed by atoms with van der Waals surface area (Å²) in [5, 5.41) is 11.8. The molecule has 0 unspecified atom stereocenters. The molecule has 0 atom stereocenters. The van der Waals surface area contributed by atoms with Crippen molar-refractivity contribution in [1.29, 1.82) is 0 Å². The van der Waals surface area contributed by atoms with Gasteiger partial charge in [-0.1, -0.05) is 18.2 Å². The van der Waals surface area contributed by atoms with Crippen molar-refractivity contribution in [3.05, 3.63) is 70.4 Å². The highest BCUT2D eigenvalue weighted by Crippen LogP contribution is 2.47. The first-order chi connectivity index (χ1) is 13.0. The molecular weight excluding hydrogens is 348 g/mol. The van der Waals surface area contributed by atoms with Crippen LogP contribution in [0.1, 0.15) is 24.8 Å². The molecule has 1 aliphatic rings. The van der Waals surface area contributed by atoms with Crippen LogP contribution in [-0.2, 0) is 17.4 Å². The second-order valence-electron chi connectivity index (χ2n) is 6.72. The summed E-state index contributed by atoms with van der Waals surface area (Å²) in [4.78, 5) is 22.6. The molecule has 3 aromatic rings. The molecule has 0 amide bonds. The fraction of sp³-hybridized carbons (Fsp3) is 0.250. The van der Waals surface area contributed by atoms with E-state index in [-0.39, 0.29) is 11.4 Å². The highest BCUT2D eigenvalue weighted by molar-refractivity contribution is 5.84. The van der Waals surface area contributed by atoms with Gasteiger partial charge in [-0.05, 0) is 42.8 Å². The van der Waals surface area contributed by atoms with Crippen LogP contribution in [0.2, 0.25) is 0 Å². The molecule has 27 heavy (non-hydrogen) atoms. The van der Waals surface area contributed by atoms with Gasteiger partial charge in [0.05, 0.1) is 10.4 Å². The first-order valence-electron chi connectivity index (χ1n) is 8.68. The van der Waals surface area contributed by atoms with Crippen molar-refractivity contribution >= 4 is 22.7 Å². The first-order valence-corrected chi connectivity index (χ1v) is 8.68. The molecule has 0 aliphatic heterocycles. The molecule has 138 valence electrons. The molecule has 4 rings (SSSR count). The number of non-ortho nitro benzene ring substituents is 1. The summed E-state index contributed by atoms with van der Waals surface area (Å²) < 4.78 is 13.0. The zero-order valence-corrected chi connectivity index (χ0v) is 14.8. The van der Waals surface area contributed by atoms with Crippen LogP contribution < -0.4 is 4.74 Å². The van der Waals surface area contributed by atoms with Crippen molar-refractivity contribution in [2.45, 2.75) is 24.9 Å². The lowest BCUT2D eigenvalue weighted by molar-refractivity contribution is -0.384. The number of hydrogen-bond acceptors (Lipinski definition) is 5. The largest absolute Gasteiger partial charge is 0.514 e. The number of nitro benzene ring substituents is 1. The van der Waals surface area contributed by atoms with E-state index < -0.39 is 16.7 Å². The minimum atomic E-state index is -0.810. The van der Waals surface area contributed by atoms with Gasteiger partial charge in [-0.15, -0.1) is 0 Å². The van der Waals surface area contributed by atoms with Gasteiger partial charge in [-0.3, -0.25) is 10.1 Å². The van der Waals surface area contributed by atoms with Gasteiger partial charge in [0.15, 0.2) is 0 Å². The maximum atomic E-state index is 12.4. The van der Waals surface area contributed by atoms with Crippen molar-refractivity contribution in [3.63, 3.8) is 0 Å². The van der Waals surface area contributed by atoms with Crippen LogP contribution in [-0.4, -0.2) is 15.6 Å². The number of nitro groups is 1. The van der Waals surface area contributed by atoms with Crippen molar-refractivity contribution in [3.8, 4) is 5.75 Å². The molecule has 7 nitrogen and oxygen atoms in total. The number of carbonyl (C=O) groups excluding carboxylic acids is 1. The average Bonchev–Trinajstić information content (AvgIpc) is 3.00. The fourth-order valence-electron chi connectivity index (χ4n) is 3.56. The van der Waals surface area contributed by atoms with Gasteiger partial charge in [0.2, 0.25) is 0 Å². The molecule has 1 saturated carbocycles. The molecule has 0 N–H and O–H groups in total. The Morgan fingerprint density at radius 1 is 1.15 bits per heavy atom. The lowest BCUT2D eigenvalue weighted by Gasteiger charge is -2.41. The Morgan fingerprint density at radius 2 is 1.89 bits per heavy atom. The van der Waals surface area contributed by atoms with E-state index in [9.17, 15) is 14.9 Å². The number of ether oxygens (including phenoxy) is 2. The van der Waals surface area contributed by atoms with Crippen LogP contribution in [0.3, 0.4) is 0 Å². The maximum absolute atomic E-state index is 12.4. The van der Waals surface area contributed by atoms with Crippen LogP contribution in [0.4, 0.5) is 10.5 Å². The van der Waals surface area contributed by atoms with Gasteiger partial charge < -0.3 is 14.0 Å². The van der Waals surface area contributed by atoms with Gasteiger partial charge >= 0.3 is 6.16 Å². The number of rotatable bonds is 4. The molecule has 7 heteroatoms. The molecule has 0 saturated heterocycles. The predicted octanol–water partition coefficient (Wildman–Crippen LogP) is 4.68. The number of carbonyl (C=O) groups is 1. The van der Waals surface area contributed by atoms with E-state index in [4.69, 9.17) is 9.47 Å². The van der Waals surface area contributed by atoms with E-state index in [1.165, 1.54) is 24.3 Å². The summed E-state index contributed by atoms with van der Waals surface area (Å²) in [6.45, 7) is 0. The first kappa shape index (κ1) is 17.1. The third-order valence-electron chi connectivity index (χ3n) is 5.08. The number of fused-ring (bicyclic) bond motifs is 1. The summed E-state index contributed by atoms with van der Waals surface area (Å²) in [5.74, 6) is 0.206. The highest BCUT2D eigenvalue weighted by Gasteiger charge is 2.44. The van der Waals surface area contributed by atoms with Crippen LogP contribution in [0.25, 0.3) is 10.9 Å². The van der Waals surface area contributed by atoms with Crippen LogP contribution in [0.15, 0.2) is 54.7 Å². The van der Waals surface area contributed by atoms with Gasteiger partial charge in [-0.2, -0.15) is 0 Å². The minimum absolute atomic E-state index is 0.0680. The minimum Gasteiger partial charge on any atom is -0.422 e. The third-order valence-corrected chi connectivity index (χ3v) is 5.08. The monoisotopic (exact) mass is 366 g/mol. The Morgan fingerprint density at radius 3 is 2.52 bits per heavy atom. The van der Waals surface area contributed by atoms with Crippen LogP contribution in [0.5, 0.6) is 5.75 Å². The van der Waals surface area contributed by atoms with Crippen molar-refractivity contribution in [2.75, 3.05) is 0 Å². The Hall–Kier alpha value is -3.35. The smallest absolute Gasteiger partial charge is 0.422 e. The van der Waals surface area contributed by atoms with Crippen molar-refractivity contribution in [2.24, 2.45) is 7.05 Å². The number of nitrogens with zero attached hydrogens (tertiary/aromatic N) is 2. The maximum Gasteiger partial charge on any atom is 0.514 e. The Labute approximate surface area is 155 Å². The molecule has 0 radical (unpaired) electrons. The average molecular weight is 366 g/mol. The van der Waals surface area contributed by atoms with Crippen molar-refractivity contribution < 1.29 is 19.2 Å². The fourth-order valence-corrected chi connectivity index (χ4v) is 3.56. The normalized spacial score (nSPS) is 15.1. The molecule has 0 bridgehead atoms. The second-order valence-corrected chi connectivity index (χ2v) is 6.72. The summed E-state index contributed by atoms with van der Waals surface area (Å²) in [6.07, 6.45) is 3.59.